The summed E-state index contributed by atoms with van der Waals surface area (Å²) >= 11 is 0. The first-order chi connectivity index (χ1) is 19.2. The normalized spacial score (nSPS) is 13.7. The van der Waals surface area contributed by atoms with Crippen molar-refractivity contribution in [3.8, 4) is 17.2 Å². The summed E-state index contributed by atoms with van der Waals surface area (Å²) in [7, 11) is 4.05. The molecule has 0 atom stereocenters. The van der Waals surface area contributed by atoms with E-state index in [0.29, 0.717) is 11.3 Å². The van der Waals surface area contributed by atoms with E-state index in [1.807, 2.05) is 25.1 Å². The maximum absolute atomic E-state index is 13.0. The number of ether oxygens (including phenoxy) is 4. The molecule has 0 aliphatic carbocycles. The summed E-state index contributed by atoms with van der Waals surface area (Å²) in [5.74, 6) is -0.799. The zero-order valence-corrected chi connectivity index (χ0v) is 22.2. The van der Waals surface area contributed by atoms with Crippen molar-refractivity contribution in [1.82, 2.24) is 10.2 Å². The van der Waals surface area contributed by atoms with Gasteiger partial charge in [-0.2, -0.15) is 0 Å². The maximum Gasteiger partial charge on any atom is 0.373 e. The number of furan rings is 1. The molecule has 4 rings (SSSR count). The Balaban J connectivity index is 1.49. The molecule has 208 valence electrons. The van der Waals surface area contributed by atoms with E-state index in [1.54, 1.807) is 18.2 Å². The zero-order valence-electron chi connectivity index (χ0n) is 22.2. The van der Waals surface area contributed by atoms with Crippen LogP contribution in [0.5, 0.6) is 17.2 Å². The van der Waals surface area contributed by atoms with E-state index >= 15 is 0 Å². The number of aryl methyl sites for hydroxylation is 1. The maximum atomic E-state index is 13.0. The number of hydrogen-bond donors (Lipinski definition) is 2. The molecule has 1 aromatic heterocycles. The number of para-hydroxylation sites is 1. The van der Waals surface area contributed by atoms with Crippen molar-refractivity contribution in [2.45, 2.75) is 13.5 Å². The lowest BCUT2D eigenvalue weighted by molar-refractivity contribution is -0.123. The second-order valence-corrected chi connectivity index (χ2v) is 8.54. The van der Waals surface area contributed by atoms with Gasteiger partial charge < -0.3 is 34.0 Å². The SMILES string of the molecule is COC(=O)c1ccc(CN2C(=O)N/C(=C\c3cc(OC)c(OCC(=O)Nc4ccccc4C)c(OC)c3)C2=O)o1. The molecule has 0 spiro atoms. The molecule has 4 amide bonds. The predicted molar refractivity (Wildman–Crippen MR) is 142 cm³/mol. The van der Waals surface area contributed by atoms with E-state index < -0.39 is 17.9 Å². The number of urea groups is 1. The van der Waals surface area contributed by atoms with E-state index in [0.717, 1.165) is 10.5 Å². The van der Waals surface area contributed by atoms with E-state index in [9.17, 15) is 19.2 Å². The number of benzene rings is 2. The van der Waals surface area contributed by atoms with Crippen molar-refractivity contribution in [3.05, 3.63) is 76.9 Å². The van der Waals surface area contributed by atoms with Gasteiger partial charge in [0.1, 0.15) is 11.5 Å². The molecule has 12 nitrogen and oxygen atoms in total. The van der Waals surface area contributed by atoms with Crippen LogP contribution in [0.15, 0.2) is 58.6 Å². The van der Waals surface area contributed by atoms with Gasteiger partial charge in [0.05, 0.1) is 27.9 Å². The van der Waals surface area contributed by atoms with Crippen LogP contribution in [0.3, 0.4) is 0 Å². The molecular weight excluding hydrogens is 522 g/mol. The molecule has 2 heterocycles. The lowest BCUT2D eigenvalue weighted by atomic mass is 10.1. The molecule has 2 aromatic carbocycles. The van der Waals surface area contributed by atoms with Crippen LogP contribution in [0, 0.1) is 6.92 Å². The number of anilines is 1. The number of nitrogens with one attached hydrogen (secondary N) is 2. The van der Waals surface area contributed by atoms with Crippen LogP contribution in [-0.2, 0) is 20.9 Å². The Morgan fingerprint density at radius 2 is 1.73 bits per heavy atom. The topological polar surface area (TPSA) is 146 Å². The van der Waals surface area contributed by atoms with Crippen LogP contribution in [0.1, 0.15) is 27.4 Å². The summed E-state index contributed by atoms with van der Waals surface area (Å²) in [5, 5.41) is 5.31. The monoisotopic (exact) mass is 549 g/mol. The van der Waals surface area contributed by atoms with Crippen LogP contribution in [0.2, 0.25) is 0 Å². The number of carbonyl (C=O) groups excluding carboxylic acids is 4. The van der Waals surface area contributed by atoms with E-state index in [4.69, 9.17) is 18.6 Å². The Hall–Kier alpha value is -5.26. The second kappa shape index (κ2) is 12.1. The smallest absolute Gasteiger partial charge is 0.373 e. The van der Waals surface area contributed by atoms with E-state index in [1.165, 1.54) is 39.5 Å². The highest BCUT2D eigenvalue weighted by atomic mass is 16.5. The Labute approximate surface area is 229 Å². The van der Waals surface area contributed by atoms with Crippen LogP contribution < -0.4 is 24.8 Å². The third kappa shape index (κ3) is 6.07. The average Bonchev–Trinajstić information content (AvgIpc) is 3.52. The highest BCUT2D eigenvalue weighted by Crippen LogP contribution is 2.39. The Morgan fingerprint density at radius 3 is 2.38 bits per heavy atom. The molecule has 0 unspecified atom stereocenters. The summed E-state index contributed by atoms with van der Waals surface area (Å²) in [6.45, 7) is 1.38. The third-order valence-electron chi connectivity index (χ3n) is 5.89. The molecule has 40 heavy (non-hydrogen) atoms. The minimum atomic E-state index is -0.675. The van der Waals surface area contributed by atoms with Crippen LogP contribution in [0.4, 0.5) is 10.5 Å². The molecule has 2 N–H and O–H groups in total. The number of imide groups is 1. The number of carbonyl (C=O) groups is 4. The molecule has 1 saturated heterocycles. The average molecular weight is 550 g/mol. The summed E-state index contributed by atoms with van der Waals surface area (Å²) in [4.78, 5) is 50.5. The Kier molecular flexibility index (Phi) is 8.38. The van der Waals surface area contributed by atoms with Crippen molar-refractivity contribution in [2.24, 2.45) is 0 Å². The lowest BCUT2D eigenvalue weighted by Gasteiger charge is -2.16. The van der Waals surface area contributed by atoms with E-state index in [2.05, 4.69) is 15.4 Å². The number of hydrogen-bond acceptors (Lipinski definition) is 9. The first-order valence-electron chi connectivity index (χ1n) is 12.0. The molecule has 1 aliphatic heterocycles. The molecule has 0 saturated carbocycles. The second-order valence-electron chi connectivity index (χ2n) is 8.54. The van der Waals surface area contributed by atoms with Gasteiger partial charge in [-0.05, 0) is 54.5 Å². The standard InChI is InChI=1S/C28H27N3O9/c1-16-7-5-6-8-19(16)29-24(32)15-39-25-22(36-2)12-17(13-23(25)37-3)11-20-26(33)31(28(35)30-20)14-18-9-10-21(40-18)27(34)38-4/h5-13H,14-15H2,1-4H3,(H,29,32)(H,30,35)/b20-11-. The van der Waals surface area contributed by atoms with Gasteiger partial charge >= 0.3 is 12.0 Å². The van der Waals surface area contributed by atoms with Crippen LogP contribution in [-0.4, -0.2) is 56.7 Å². The Bertz CT molecular complexity index is 1470. The minimum absolute atomic E-state index is 0.000121. The van der Waals surface area contributed by atoms with Gasteiger partial charge in [0, 0.05) is 5.69 Å². The summed E-state index contributed by atoms with van der Waals surface area (Å²) in [5.41, 5.74) is 2.04. The molecular formula is C28H27N3O9. The van der Waals surface area contributed by atoms with Crippen LogP contribution >= 0.6 is 0 Å². The molecule has 1 aliphatic rings. The first kappa shape index (κ1) is 27.8. The third-order valence-corrected chi connectivity index (χ3v) is 5.89. The van der Waals surface area contributed by atoms with Gasteiger partial charge in [-0.1, -0.05) is 18.2 Å². The van der Waals surface area contributed by atoms with Crippen molar-refractivity contribution in [2.75, 3.05) is 33.3 Å². The summed E-state index contributed by atoms with van der Waals surface area (Å²) in [6, 6.07) is 12.7. The highest BCUT2D eigenvalue weighted by Gasteiger charge is 2.34. The fourth-order valence-corrected chi connectivity index (χ4v) is 3.87. The van der Waals surface area contributed by atoms with Crippen molar-refractivity contribution >= 4 is 35.6 Å². The quantitative estimate of drug-likeness (QED) is 0.220. The Morgan fingerprint density at radius 1 is 1.02 bits per heavy atom. The van der Waals surface area contributed by atoms with Gasteiger partial charge in [-0.15, -0.1) is 0 Å². The molecule has 12 heteroatoms. The number of nitrogens with zero attached hydrogens (tertiary/aromatic N) is 1. The van der Waals surface area contributed by atoms with Gasteiger partial charge in [0.15, 0.2) is 18.1 Å². The zero-order chi connectivity index (χ0) is 28.8. The largest absolute Gasteiger partial charge is 0.493 e. The number of rotatable bonds is 10. The fourth-order valence-electron chi connectivity index (χ4n) is 3.87. The number of methoxy groups -OCH3 is 3. The van der Waals surface area contributed by atoms with Gasteiger partial charge in [-0.3, -0.25) is 14.5 Å². The van der Waals surface area contributed by atoms with Crippen LogP contribution in [0.25, 0.3) is 6.08 Å². The summed E-state index contributed by atoms with van der Waals surface area (Å²) < 4.78 is 26.6. The van der Waals surface area contributed by atoms with Gasteiger partial charge in [-0.25, -0.2) is 9.59 Å². The number of amides is 4. The molecule has 1 fully saturated rings. The first-order valence-corrected chi connectivity index (χ1v) is 12.0. The van der Waals surface area contributed by atoms with Gasteiger partial charge in [0.25, 0.3) is 11.8 Å². The van der Waals surface area contributed by atoms with Crippen molar-refractivity contribution < 1.29 is 42.5 Å². The molecule has 3 aromatic rings. The fraction of sp³-hybridized carbons (Fsp3) is 0.214. The van der Waals surface area contributed by atoms with Gasteiger partial charge in [0.2, 0.25) is 11.5 Å². The highest BCUT2D eigenvalue weighted by molar-refractivity contribution is 6.13. The van der Waals surface area contributed by atoms with Crippen molar-refractivity contribution in [3.63, 3.8) is 0 Å². The minimum Gasteiger partial charge on any atom is -0.493 e. The summed E-state index contributed by atoms with van der Waals surface area (Å²) in [6.07, 6.45) is 1.45. The molecule has 0 radical (unpaired) electrons. The lowest BCUT2D eigenvalue weighted by Crippen LogP contribution is -2.30. The molecule has 0 bridgehead atoms. The van der Waals surface area contributed by atoms with E-state index in [-0.39, 0.29) is 53.5 Å². The van der Waals surface area contributed by atoms with Crippen molar-refractivity contribution in [1.29, 1.82) is 0 Å². The number of esters is 1. The predicted octanol–water partition coefficient (Wildman–Crippen LogP) is 3.50.